The van der Waals surface area contributed by atoms with Gasteiger partial charge >= 0.3 is 6.01 Å². The maximum Gasteiger partial charge on any atom is 0.315 e. The molecule has 1 fully saturated rings. The fourth-order valence-corrected chi connectivity index (χ4v) is 2.58. The van der Waals surface area contributed by atoms with Gasteiger partial charge in [0.2, 0.25) is 5.89 Å². The molecular weight excluding hydrogens is 238 g/mol. The highest BCUT2D eigenvalue weighted by atomic mass is 35.5. The van der Waals surface area contributed by atoms with E-state index in [9.17, 15) is 0 Å². The summed E-state index contributed by atoms with van der Waals surface area (Å²) in [6.07, 6.45) is 3.68. The Morgan fingerprint density at radius 1 is 1.35 bits per heavy atom. The molecule has 2 rings (SSSR count). The van der Waals surface area contributed by atoms with Gasteiger partial charge < -0.3 is 9.73 Å². The van der Waals surface area contributed by atoms with E-state index in [1.54, 1.807) is 0 Å². The minimum absolute atomic E-state index is 0.234. The van der Waals surface area contributed by atoms with E-state index in [1.165, 1.54) is 12.8 Å². The largest absolute Gasteiger partial charge is 0.406 e. The molecule has 0 amide bonds. The average Bonchev–Trinajstić information content (AvgIpc) is 2.71. The van der Waals surface area contributed by atoms with Crippen LogP contribution in [0.1, 0.15) is 51.3 Å². The summed E-state index contributed by atoms with van der Waals surface area (Å²) in [5.74, 6) is 1.94. The van der Waals surface area contributed by atoms with Gasteiger partial charge in [0.15, 0.2) is 0 Å². The first-order valence-electron chi connectivity index (χ1n) is 6.30. The van der Waals surface area contributed by atoms with Crippen LogP contribution in [0.25, 0.3) is 0 Å². The molecule has 4 atom stereocenters. The minimum atomic E-state index is -0.234. The van der Waals surface area contributed by atoms with Crippen molar-refractivity contribution in [1.29, 1.82) is 0 Å². The van der Waals surface area contributed by atoms with Crippen LogP contribution in [0, 0.1) is 11.8 Å². The second-order valence-corrected chi connectivity index (χ2v) is 5.86. The monoisotopic (exact) mass is 257 g/mol. The zero-order chi connectivity index (χ0) is 12.4. The van der Waals surface area contributed by atoms with Crippen molar-refractivity contribution in [2.75, 3.05) is 5.32 Å². The number of aromatic nitrogens is 2. The van der Waals surface area contributed by atoms with Gasteiger partial charge in [-0.15, -0.1) is 16.7 Å². The summed E-state index contributed by atoms with van der Waals surface area (Å²) in [7, 11) is 0. The highest BCUT2D eigenvalue weighted by Gasteiger charge is 2.26. The molecule has 1 aromatic heterocycles. The number of anilines is 1. The van der Waals surface area contributed by atoms with Crippen molar-refractivity contribution in [2.45, 2.75) is 51.5 Å². The first-order chi connectivity index (χ1) is 8.06. The number of hydrogen-bond acceptors (Lipinski definition) is 4. The van der Waals surface area contributed by atoms with E-state index in [4.69, 9.17) is 16.0 Å². The van der Waals surface area contributed by atoms with Gasteiger partial charge in [0, 0.05) is 6.04 Å². The van der Waals surface area contributed by atoms with E-state index in [1.807, 2.05) is 6.92 Å². The van der Waals surface area contributed by atoms with Crippen molar-refractivity contribution in [1.82, 2.24) is 10.2 Å². The van der Waals surface area contributed by atoms with Gasteiger partial charge in [-0.2, -0.15) is 0 Å². The molecule has 5 heteroatoms. The Labute approximate surface area is 107 Å². The fraction of sp³-hybridized carbons (Fsp3) is 0.833. The summed E-state index contributed by atoms with van der Waals surface area (Å²) in [5, 5.41) is 11.0. The Hall–Kier alpha value is -0.770. The third-order valence-electron chi connectivity index (χ3n) is 3.52. The van der Waals surface area contributed by atoms with E-state index in [2.05, 4.69) is 29.4 Å². The van der Waals surface area contributed by atoms with Crippen LogP contribution >= 0.6 is 11.6 Å². The van der Waals surface area contributed by atoms with Crippen LogP contribution in [0.2, 0.25) is 0 Å². The van der Waals surface area contributed by atoms with Crippen LogP contribution in [0.3, 0.4) is 0 Å². The van der Waals surface area contributed by atoms with E-state index >= 15 is 0 Å². The van der Waals surface area contributed by atoms with Crippen LogP contribution in [-0.4, -0.2) is 16.2 Å². The molecule has 4 unspecified atom stereocenters. The Bertz CT molecular complexity index is 366. The van der Waals surface area contributed by atoms with E-state index in [0.717, 1.165) is 12.3 Å². The molecular formula is C12H20ClN3O. The Balaban J connectivity index is 1.95. The quantitative estimate of drug-likeness (QED) is 0.841. The predicted octanol–water partition coefficient (Wildman–Crippen LogP) is 3.61. The van der Waals surface area contributed by atoms with Gasteiger partial charge in [-0.25, -0.2) is 0 Å². The molecule has 1 aliphatic rings. The standard InChI is InChI=1S/C12H20ClN3O/c1-7-4-5-10(8(2)6-7)14-12-16-15-11(17-12)9(3)13/h7-10H,4-6H2,1-3H3,(H,14,16). The molecule has 0 saturated heterocycles. The van der Waals surface area contributed by atoms with Crippen LogP contribution < -0.4 is 5.32 Å². The summed E-state index contributed by atoms with van der Waals surface area (Å²) in [4.78, 5) is 0. The summed E-state index contributed by atoms with van der Waals surface area (Å²) in [5.41, 5.74) is 0. The van der Waals surface area contributed by atoms with Gasteiger partial charge in [-0.05, 0) is 38.0 Å². The van der Waals surface area contributed by atoms with Crippen molar-refractivity contribution in [3.8, 4) is 0 Å². The van der Waals surface area contributed by atoms with Crippen LogP contribution in [-0.2, 0) is 0 Å². The second kappa shape index (κ2) is 5.25. The maximum absolute atomic E-state index is 5.88. The van der Waals surface area contributed by atoms with Gasteiger partial charge in [-0.3, -0.25) is 0 Å². The zero-order valence-electron chi connectivity index (χ0n) is 10.6. The minimum Gasteiger partial charge on any atom is -0.406 e. The Kier molecular flexibility index (Phi) is 3.92. The highest BCUT2D eigenvalue weighted by Crippen LogP contribution is 2.30. The number of rotatable bonds is 3. The molecule has 4 nitrogen and oxygen atoms in total. The lowest BCUT2D eigenvalue weighted by Crippen LogP contribution is -2.33. The van der Waals surface area contributed by atoms with Gasteiger partial charge in [0.1, 0.15) is 5.38 Å². The van der Waals surface area contributed by atoms with Crippen molar-refractivity contribution in [2.24, 2.45) is 11.8 Å². The first kappa shape index (κ1) is 12.7. The molecule has 1 aromatic rings. The molecule has 1 heterocycles. The molecule has 1 N–H and O–H groups in total. The average molecular weight is 258 g/mol. The normalized spacial score (nSPS) is 31.2. The molecule has 0 aromatic carbocycles. The number of alkyl halides is 1. The van der Waals surface area contributed by atoms with Gasteiger partial charge in [-0.1, -0.05) is 18.9 Å². The topological polar surface area (TPSA) is 51.0 Å². The maximum atomic E-state index is 5.88. The van der Waals surface area contributed by atoms with Crippen molar-refractivity contribution >= 4 is 17.6 Å². The molecule has 0 spiro atoms. The van der Waals surface area contributed by atoms with Crippen molar-refractivity contribution in [3.05, 3.63) is 5.89 Å². The lowest BCUT2D eigenvalue weighted by molar-refractivity contribution is 0.273. The summed E-state index contributed by atoms with van der Waals surface area (Å²) in [6, 6.07) is 0.934. The van der Waals surface area contributed by atoms with E-state index < -0.39 is 0 Å². The van der Waals surface area contributed by atoms with E-state index in [-0.39, 0.29) is 5.38 Å². The highest BCUT2D eigenvalue weighted by molar-refractivity contribution is 6.20. The molecule has 0 aliphatic heterocycles. The fourth-order valence-electron chi connectivity index (χ4n) is 2.49. The third-order valence-corrected chi connectivity index (χ3v) is 3.71. The van der Waals surface area contributed by atoms with Crippen LogP contribution in [0.5, 0.6) is 0 Å². The lowest BCUT2D eigenvalue weighted by atomic mass is 9.80. The third kappa shape index (κ3) is 3.12. The second-order valence-electron chi connectivity index (χ2n) is 5.21. The first-order valence-corrected chi connectivity index (χ1v) is 6.74. The summed E-state index contributed by atoms with van der Waals surface area (Å²) >= 11 is 5.88. The number of nitrogens with one attached hydrogen (secondary N) is 1. The smallest absolute Gasteiger partial charge is 0.315 e. The molecule has 0 bridgehead atoms. The van der Waals surface area contributed by atoms with E-state index in [0.29, 0.717) is 23.9 Å². The van der Waals surface area contributed by atoms with Gasteiger partial charge in [0.05, 0.1) is 0 Å². The summed E-state index contributed by atoms with van der Waals surface area (Å²) in [6.45, 7) is 6.41. The number of nitrogens with zero attached hydrogens (tertiary/aromatic N) is 2. The molecule has 1 aliphatic carbocycles. The molecule has 0 radical (unpaired) electrons. The molecule has 1 saturated carbocycles. The molecule has 17 heavy (non-hydrogen) atoms. The van der Waals surface area contributed by atoms with Crippen molar-refractivity contribution < 1.29 is 4.42 Å². The Morgan fingerprint density at radius 2 is 2.12 bits per heavy atom. The zero-order valence-corrected chi connectivity index (χ0v) is 11.4. The molecule has 96 valence electrons. The van der Waals surface area contributed by atoms with Gasteiger partial charge in [0.25, 0.3) is 0 Å². The summed E-state index contributed by atoms with van der Waals surface area (Å²) < 4.78 is 5.46. The van der Waals surface area contributed by atoms with Crippen LogP contribution in [0.15, 0.2) is 4.42 Å². The SMILES string of the molecule is CC1CCC(Nc2nnc(C(C)Cl)o2)C(C)C1. The Morgan fingerprint density at radius 3 is 2.71 bits per heavy atom. The lowest BCUT2D eigenvalue weighted by Gasteiger charge is -2.32. The number of halogens is 1. The number of hydrogen-bond donors (Lipinski definition) is 1. The predicted molar refractivity (Wildman–Crippen MR) is 68.2 cm³/mol. The van der Waals surface area contributed by atoms with Crippen molar-refractivity contribution in [3.63, 3.8) is 0 Å². The van der Waals surface area contributed by atoms with Crippen LogP contribution in [0.4, 0.5) is 6.01 Å².